The molecule has 0 radical (unpaired) electrons. The Bertz CT molecular complexity index is 632. The number of nitrogens with one attached hydrogen (secondary N) is 1. The van der Waals surface area contributed by atoms with Crippen LogP contribution in [-0.2, 0) is 20.9 Å². The summed E-state index contributed by atoms with van der Waals surface area (Å²) in [6.45, 7) is 2.51. The van der Waals surface area contributed by atoms with E-state index in [-0.39, 0.29) is 62.0 Å². The maximum Gasteiger partial charge on any atom is 0.229 e. The molecular formula is C19H27ClN4O3. The van der Waals surface area contributed by atoms with Crippen molar-refractivity contribution in [2.75, 3.05) is 19.6 Å². The maximum atomic E-state index is 13.0. The van der Waals surface area contributed by atoms with Crippen LogP contribution >= 0.6 is 12.4 Å². The Kier molecular flexibility index (Phi) is 8.19. The van der Waals surface area contributed by atoms with Crippen LogP contribution in [0.5, 0.6) is 0 Å². The number of carbonyl (C=O) groups is 3. The monoisotopic (exact) mass is 394 g/mol. The van der Waals surface area contributed by atoms with E-state index in [0.717, 1.165) is 38.0 Å². The Morgan fingerprint density at radius 2 is 1.96 bits per heavy atom. The maximum absolute atomic E-state index is 13.0. The van der Waals surface area contributed by atoms with Crippen LogP contribution in [-0.4, -0.2) is 58.2 Å². The smallest absolute Gasteiger partial charge is 0.229 e. The summed E-state index contributed by atoms with van der Waals surface area (Å²) < 4.78 is 0. The fourth-order valence-corrected chi connectivity index (χ4v) is 3.62. The number of hydrogen-bond donors (Lipinski definition) is 1. The molecule has 0 spiro atoms. The van der Waals surface area contributed by atoms with Crippen molar-refractivity contribution in [3.05, 3.63) is 30.1 Å². The van der Waals surface area contributed by atoms with Crippen molar-refractivity contribution in [2.24, 2.45) is 0 Å². The van der Waals surface area contributed by atoms with Gasteiger partial charge in [-0.1, -0.05) is 6.07 Å². The fourth-order valence-electron chi connectivity index (χ4n) is 3.62. The van der Waals surface area contributed by atoms with Gasteiger partial charge < -0.3 is 10.2 Å². The summed E-state index contributed by atoms with van der Waals surface area (Å²) in [5, 5.41) is 3.37. The molecule has 0 bridgehead atoms. The minimum absolute atomic E-state index is 0. The average molecular weight is 395 g/mol. The van der Waals surface area contributed by atoms with Gasteiger partial charge in [0, 0.05) is 38.0 Å². The van der Waals surface area contributed by atoms with Crippen molar-refractivity contribution in [3.63, 3.8) is 0 Å². The molecule has 2 fully saturated rings. The second-order valence-electron chi connectivity index (χ2n) is 6.87. The van der Waals surface area contributed by atoms with E-state index in [2.05, 4.69) is 10.3 Å². The lowest BCUT2D eigenvalue weighted by Gasteiger charge is -2.31. The van der Waals surface area contributed by atoms with Crippen molar-refractivity contribution in [1.29, 1.82) is 0 Å². The predicted molar refractivity (Wildman–Crippen MR) is 103 cm³/mol. The zero-order valence-corrected chi connectivity index (χ0v) is 16.2. The molecule has 1 atom stereocenters. The first-order valence-corrected chi connectivity index (χ1v) is 9.38. The van der Waals surface area contributed by atoms with Crippen molar-refractivity contribution in [3.8, 4) is 0 Å². The number of nitrogens with zero attached hydrogens (tertiary/aromatic N) is 3. The predicted octanol–water partition coefficient (Wildman–Crippen LogP) is 1.51. The first-order chi connectivity index (χ1) is 12.6. The molecule has 0 saturated carbocycles. The van der Waals surface area contributed by atoms with Gasteiger partial charge in [-0.05, 0) is 44.5 Å². The van der Waals surface area contributed by atoms with Gasteiger partial charge in [-0.3, -0.25) is 24.3 Å². The molecule has 8 heteroatoms. The van der Waals surface area contributed by atoms with E-state index in [0.29, 0.717) is 6.54 Å². The third kappa shape index (κ3) is 5.74. The van der Waals surface area contributed by atoms with Crippen molar-refractivity contribution >= 4 is 30.1 Å². The Morgan fingerprint density at radius 1 is 1.19 bits per heavy atom. The highest BCUT2D eigenvalue weighted by molar-refractivity contribution is 6.02. The molecule has 7 nitrogen and oxygen atoms in total. The standard InChI is InChI=1S/C19H26N4O3.ClH/c24-17-6-7-18(25)22(17)13-9-19(26)23(14-15-4-1-2-11-21-15)16-5-3-10-20-12-8-16;/h1-2,4,11,16,20H,3,5-10,12-14H2;1H. The Labute approximate surface area is 165 Å². The van der Waals surface area contributed by atoms with Gasteiger partial charge in [0.25, 0.3) is 0 Å². The van der Waals surface area contributed by atoms with Gasteiger partial charge in [0.2, 0.25) is 17.7 Å². The van der Waals surface area contributed by atoms with Crippen LogP contribution < -0.4 is 5.32 Å². The highest BCUT2D eigenvalue weighted by Crippen LogP contribution is 2.19. The summed E-state index contributed by atoms with van der Waals surface area (Å²) >= 11 is 0. The third-order valence-electron chi connectivity index (χ3n) is 5.07. The average Bonchev–Trinajstić information content (AvgIpc) is 2.84. The van der Waals surface area contributed by atoms with E-state index in [1.807, 2.05) is 23.1 Å². The molecule has 2 aliphatic rings. The molecule has 1 aromatic heterocycles. The summed E-state index contributed by atoms with van der Waals surface area (Å²) in [6.07, 6.45) is 5.31. The second-order valence-corrected chi connectivity index (χ2v) is 6.87. The largest absolute Gasteiger partial charge is 0.334 e. The van der Waals surface area contributed by atoms with E-state index in [9.17, 15) is 14.4 Å². The van der Waals surface area contributed by atoms with Crippen LogP contribution in [0.1, 0.15) is 44.2 Å². The van der Waals surface area contributed by atoms with Crippen molar-refractivity contribution < 1.29 is 14.4 Å². The summed E-state index contributed by atoms with van der Waals surface area (Å²) in [7, 11) is 0. The highest BCUT2D eigenvalue weighted by Gasteiger charge is 2.31. The Hall–Kier alpha value is -1.99. The number of imide groups is 1. The first kappa shape index (κ1) is 21.3. The molecule has 0 aromatic carbocycles. The molecule has 3 rings (SSSR count). The number of aromatic nitrogens is 1. The Balaban J connectivity index is 0.00000261. The molecule has 3 heterocycles. The number of rotatable bonds is 6. The van der Waals surface area contributed by atoms with Gasteiger partial charge in [0.05, 0.1) is 12.2 Å². The van der Waals surface area contributed by atoms with E-state index in [1.165, 1.54) is 4.90 Å². The molecule has 2 aliphatic heterocycles. The number of amides is 3. The molecule has 148 valence electrons. The molecule has 27 heavy (non-hydrogen) atoms. The molecule has 0 aliphatic carbocycles. The summed E-state index contributed by atoms with van der Waals surface area (Å²) in [4.78, 5) is 44.0. The zero-order chi connectivity index (χ0) is 18.4. The number of pyridine rings is 1. The van der Waals surface area contributed by atoms with Gasteiger partial charge in [0.15, 0.2) is 0 Å². The zero-order valence-electron chi connectivity index (χ0n) is 15.4. The van der Waals surface area contributed by atoms with Crippen LogP contribution in [0, 0.1) is 0 Å². The Morgan fingerprint density at radius 3 is 2.67 bits per heavy atom. The lowest BCUT2D eigenvalue weighted by Crippen LogP contribution is -2.42. The van der Waals surface area contributed by atoms with Gasteiger partial charge in [0.1, 0.15) is 0 Å². The molecular weight excluding hydrogens is 368 g/mol. The van der Waals surface area contributed by atoms with E-state index in [1.54, 1.807) is 6.20 Å². The topological polar surface area (TPSA) is 82.6 Å². The summed E-state index contributed by atoms with van der Waals surface area (Å²) in [6, 6.07) is 5.85. The normalized spacial score (nSPS) is 20.1. The molecule has 3 amide bonds. The van der Waals surface area contributed by atoms with Gasteiger partial charge in [-0.2, -0.15) is 0 Å². The van der Waals surface area contributed by atoms with Crippen molar-refractivity contribution in [1.82, 2.24) is 20.1 Å². The van der Waals surface area contributed by atoms with Crippen LogP contribution in [0.15, 0.2) is 24.4 Å². The first-order valence-electron chi connectivity index (χ1n) is 9.38. The number of carbonyl (C=O) groups excluding carboxylic acids is 3. The highest BCUT2D eigenvalue weighted by atomic mass is 35.5. The minimum Gasteiger partial charge on any atom is -0.334 e. The SMILES string of the molecule is Cl.O=C1CCC(=O)N1CCC(=O)N(Cc1ccccn1)C1CCCNCC1. The number of halogens is 1. The minimum atomic E-state index is -0.169. The number of hydrogen-bond acceptors (Lipinski definition) is 5. The van der Waals surface area contributed by atoms with E-state index >= 15 is 0 Å². The molecule has 1 N–H and O–H groups in total. The van der Waals surface area contributed by atoms with Crippen LogP contribution in [0.3, 0.4) is 0 Å². The van der Waals surface area contributed by atoms with E-state index < -0.39 is 0 Å². The molecule has 1 aromatic rings. The fraction of sp³-hybridized carbons (Fsp3) is 0.579. The summed E-state index contributed by atoms with van der Waals surface area (Å²) in [5.74, 6) is -0.356. The molecule has 2 saturated heterocycles. The van der Waals surface area contributed by atoms with Gasteiger partial charge in [-0.15, -0.1) is 12.4 Å². The lowest BCUT2D eigenvalue weighted by atomic mass is 10.1. The van der Waals surface area contributed by atoms with Crippen LogP contribution in [0.2, 0.25) is 0 Å². The quantitative estimate of drug-likeness (QED) is 0.739. The van der Waals surface area contributed by atoms with Gasteiger partial charge in [-0.25, -0.2) is 0 Å². The second kappa shape index (κ2) is 10.4. The van der Waals surface area contributed by atoms with Gasteiger partial charge >= 0.3 is 0 Å². The third-order valence-corrected chi connectivity index (χ3v) is 5.07. The van der Waals surface area contributed by atoms with Crippen LogP contribution in [0.4, 0.5) is 0 Å². The van der Waals surface area contributed by atoms with E-state index in [4.69, 9.17) is 0 Å². The summed E-state index contributed by atoms with van der Waals surface area (Å²) in [5.41, 5.74) is 0.853. The van der Waals surface area contributed by atoms with Crippen LogP contribution in [0.25, 0.3) is 0 Å². The van der Waals surface area contributed by atoms with Crippen molar-refractivity contribution in [2.45, 2.75) is 51.1 Å². The number of likely N-dealkylation sites (tertiary alicyclic amines) is 1. The lowest BCUT2D eigenvalue weighted by molar-refractivity contribution is -0.140. The molecule has 1 unspecified atom stereocenters.